The van der Waals surface area contributed by atoms with Crippen molar-refractivity contribution in [2.45, 2.75) is 52.0 Å². The van der Waals surface area contributed by atoms with E-state index in [1.54, 1.807) is 0 Å². The fourth-order valence-corrected chi connectivity index (χ4v) is 2.00. The minimum atomic E-state index is 0.707. The van der Waals surface area contributed by atoms with Gasteiger partial charge in [-0.2, -0.15) is 5.10 Å². The molecule has 0 saturated carbocycles. The first-order valence-corrected chi connectivity index (χ1v) is 6.47. The summed E-state index contributed by atoms with van der Waals surface area (Å²) in [6, 6.07) is 0.707. The molecule has 16 heavy (non-hydrogen) atoms. The molecule has 0 aliphatic heterocycles. The molecule has 0 aromatic carbocycles. The average molecular weight is 223 g/mol. The van der Waals surface area contributed by atoms with Gasteiger partial charge in [0, 0.05) is 19.3 Å². The van der Waals surface area contributed by atoms with Crippen LogP contribution in [0.2, 0.25) is 0 Å². The topological polar surface area (TPSA) is 29.9 Å². The van der Waals surface area contributed by atoms with Crippen molar-refractivity contribution >= 4 is 0 Å². The zero-order valence-corrected chi connectivity index (χ0v) is 10.9. The molecular formula is C13H25N3. The molecule has 0 radical (unpaired) electrons. The van der Waals surface area contributed by atoms with Crippen molar-refractivity contribution in [1.29, 1.82) is 0 Å². The van der Waals surface area contributed by atoms with Gasteiger partial charge in [-0.05, 0) is 37.8 Å². The monoisotopic (exact) mass is 223 g/mol. The molecule has 3 nitrogen and oxygen atoms in total. The van der Waals surface area contributed by atoms with Crippen molar-refractivity contribution in [3.8, 4) is 0 Å². The first-order valence-electron chi connectivity index (χ1n) is 6.47. The number of hydrogen-bond acceptors (Lipinski definition) is 2. The summed E-state index contributed by atoms with van der Waals surface area (Å²) in [5.74, 6) is 0. The van der Waals surface area contributed by atoms with E-state index in [0.29, 0.717) is 6.04 Å². The van der Waals surface area contributed by atoms with Crippen LogP contribution in [0.3, 0.4) is 0 Å². The van der Waals surface area contributed by atoms with Crippen LogP contribution in [0.15, 0.2) is 12.4 Å². The third-order valence-electron chi connectivity index (χ3n) is 2.96. The van der Waals surface area contributed by atoms with Gasteiger partial charge in [0.1, 0.15) is 0 Å². The second kappa shape index (κ2) is 7.44. The zero-order valence-electron chi connectivity index (χ0n) is 10.9. The maximum absolute atomic E-state index is 4.17. The molecule has 3 heteroatoms. The summed E-state index contributed by atoms with van der Waals surface area (Å²) in [5.41, 5.74) is 1.34. The molecule has 92 valence electrons. The maximum Gasteiger partial charge on any atom is 0.0521 e. The molecule has 1 aromatic rings. The molecule has 1 N–H and O–H groups in total. The standard InChI is InChI=1S/C13H25N3/c1-4-7-13(5-2)14-9-6-8-12-10-15-16(3)11-12/h10-11,13-14H,4-9H2,1-3H3. The Morgan fingerprint density at radius 1 is 1.44 bits per heavy atom. The summed E-state index contributed by atoms with van der Waals surface area (Å²) in [7, 11) is 1.97. The summed E-state index contributed by atoms with van der Waals surface area (Å²) >= 11 is 0. The van der Waals surface area contributed by atoms with Crippen molar-refractivity contribution in [3.63, 3.8) is 0 Å². The summed E-state index contributed by atoms with van der Waals surface area (Å²) in [4.78, 5) is 0. The van der Waals surface area contributed by atoms with Gasteiger partial charge in [-0.15, -0.1) is 0 Å². The first-order chi connectivity index (χ1) is 7.76. The van der Waals surface area contributed by atoms with Gasteiger partial charge in [0.25, 0.3) is 0 Å². The molecule has 0 amide bonds. The predicted molar refractivity (Wildman–Crippen MR) is 68.5 cm³/mol. The summed E-state index contributed by atoms with van der Waals surface area (Å²) in [5, 5.41) is 7.79. The molecule has 0 spiro atoms. The molecule has 1 atom stereocenters. The molecule has 0 bridgehead atoms. The Hall–Kier alpha value is -0.830. The summed E-state index contributed by atoms with van der Waals surface area (Å²) < 4.78 is 1.87. The van der Waals surface area contributed by atoms with Crippen LogP contribution in [0, 0.1) is 0 Å². The minimum absolute atomic E-state index is 0.707. The van der Waals surface area contributed by atoms with E-state index >= 15 is 0 Å². The summed E-state index contributed by atoms with van der Waals surface area (Å²) in [6.45, 7) is 5.63. The quantitative estimate of drug-likeness (QED) is 0.686. The van der Waals surface area contributed by atoms with Crippen LogP contribution in [0.25, 0.3) is 0 Å². The van der Waals surface area contributed by atoms with E-state index in [0.717, 1.165) is 13.0 Å². The SMILES string of the molecule is CCCC(CC)NCCCc1cnn(C)c1. The van der Waals surface area contributed by atoms with Gasteiger partial charge in [0.2, 0.25) is 0 Å². The van der Waals surface area contributed by atoms with E-state index in [2.05, 4.69) is 30.5 Å². The molecule has 0 aliphatic carbocycles. The lowest BCUT2D eigenvalue weighted by Crippen LogP contribution is -2.29. The normalized spacial score (nSPS) is 12.9. The predicted octanol–water partition coefficient (Wildman–Crippen LogP) is 2.52. The lowest BCUT2D eigenvalue weighted by atomic mass is 10.1. The van der Waals surface area contributed by atoms with Crippen LogP contribution in [0.4, 0.5) is 0 Å². The zero-order chi connectivity index (χ0) is 11.8. The Bertz CT molecular complexity index is 280. The molecule has 0 fully saturated rings. The van der Waals surface area contributed by atoms with Crippen LogP contribution in [0.5, 0.6) is 0 Å². The third-order valence-corrected chi connectivity index (χ3v) is 2.96. The molecule has 0 saturated heterocycles. The molecule has 1 heterocycles. The minimum Gasteiger partial charge on any atom is -0.314 e. The van der Waals surface area contributed by atoms with E-state index in [1.807, 2.05) is 17.9 Å². The lowest BCUT2D eigenvalue weighted by Gasteiger charge is -2.15. The Labute approximate surface area is 99.2 Å². The van der Waals surface area contributed by atoms with Gasteiger partial charge in [0.05, 0.1) is 6.20 Å². The van der Waals surface area contributed by atoms with E-state index in [-0.39, 0.29) is 0 Å². The van der Waals surface area contributed by atoms with Crippen molar-refractivity contribution < 1.29 is 0 Å². The summed E-state index contributed by atoms with van der Waals surface area (Å²) in [6.07, 6.45) is 10.2. The Balaban J connectivity index is 2.11. The highest BCUT2D eigenvalue weighted by Gasteiger charge is 2.03. The van der Waals surface area contributed by atoms with E-state index in [1.165, 1.54) is 31.2 Å². The smallest absolute Gasteiger partial charge is 0.0521 e. The van der Waals surface area contributed by atoms with Crippen molar-refractivity contribution in [2.24, 2.45) is 7.05 Å². The van der Waals surface area contributed by atoms with Gasteiger partial charge in [-0.1, -0.05) is 20.3 Å². The van der Waals surface area contributed by atoms with E-state index in [9.17, 15) is 0 Å². The van der Waals surface area contributed by atoms with Gasteiger partial charge in [-0.25, -0.2) is 0 Å². The average Bonchev–Trinajstić information content (AvgIpc) is 2.69. The fraction of sp³-hybridized carbons (Fsp3) is 0.769. The van der Waals surface area contributed by atoms with Gasteiger partial charge < -0.3 is 5.32 Å². The highest BCUT2D eigenvalue weighted by molar-refractivity contribution is 5.03. The van der Waals surface area contributed by atoms with Crippen LogP contribution in [0.1, 0.15) is 45.1 Å². The fourth-order valence-electron chi connectivity index (χ4n) is 2.00. The van der Waals surface area contributed by atoms with E-state index < -0.39 is 0 Å². The lowest BCUT2D eigenvalue weighted by molar-refractivity contribution is 0.459. The Morgan fingerprint density at radius 3 is 2.81 bits per heavy atom. The second-order valence-corrected chi connectivity index (χ2v) is 4.47. The van der Waals surface area contributed by atoms with E-state index in [4.69, 9.17) is 0 Å². The van der Waals surface area contributed by atoms with Gasteiger partial charge >= 0.3 is 0 Å². The van der Waals surface area contributed by atoms with Gasteiger partial charge in [0.15, 0.2) is 0 Å². The van der Waals surface area contributed by atoms with Crippen LogP contribution < -0.4 is 5.32 Å². The Kier molecular flexibility index (Phi) is 6.16. The van der Waals surface area contributed by atoms with Crippen molar-refractivity contribution in [1.82, 2.24) is 15.1 Å². The van der Waals surface area contributed by atoms with Crippen LogP contribution >= 0.6 is 0 Å². The third kappa shape index (κ3) is 4.79. The molecule has 1 unspecified atom stereocenters. The number of aromatic nitrogens is 2. The number of nitrogens with one attached hydrogen (secondary N) is 1. The molecule has 1 aromatic heterocycles. The Morgan fingerprint density at radius 2 is 2.25 bits per heavy atom. The van der Waals surface area contributed by atoms with Gasteiger partial charge in [-0.3, -0.25) is 4.68 Å². The molecule has 1 rings (SSSR count). The molecular weight excluding hydrogens is 198 g/mol. The highest BCUT2D eigenvalue weighted by Crippen LogP contribution is 2.03. The largest absolute Gasteiger partial charge is 0.314 e. The highest BCUT2D eigenvalue weighted by atomic mass is 15.2. The van der Waals surface area contributed by atoms with Crippen molar-refractivity contribution in [2.75, 3.05) is 6.54 Å². The van der Waals surface area contributed by atoms with Crippen LogP contribution in [-0.4, -0.2) is 22.4 Å². The number of nitrogens with zero attached hydrogens (tertiary/aromatic N) is 2. The number of aryl methyl sites for hydroxylation is 2. The van der Waals surface area contributed by atoms with Crippen LogP contribution in [-0.2, 0) is 13.5 Å². The first kappa shape index (κ1) is 13.2. The molecule has 0 aliphatic rings. The second-order valence-electron chi connectivity index (χ2n) is 4.47. The number of rotatable bonds is 8. The van der Waals surface area contributed by atoms with Crippen molar-refractivity contribution in [3.05, 3.63) is 18.0 Å². The number of hydrogen-bond donors (Lipinski definition) is 1. The maximum atomic E-state index is 4.17.